The van der Waals surface area contributed by atoms with Crippen LogP contribution in [0, 0.1) is 6.92 Å². The highest BCUT2D eigenvalue weighted by Gasteiger charge is 2.30. The zero-order chi connectivity index (χ0) is 33.0. The summed E-state index contributed by atoms with van der Waals surface area (Å²) in [5, 5.41) is 4.03. The Balaban J connectivity index is 1.05. The first-order valence-electron chi connectivity index (χ1n) is 16.2. The Labute approximate surface area is 279 Å². The molecule has 0 saturated carbocycles. The number of nitrogens with two attached hydrogens (primary N) is 1. The van der Waals surface area contributed by atoms with Crippen molar-refractivity contribution in [3.05, 3.63) is 132 Å². The minimum absolute atomic E-state index is 0.0754. The van der Waals surface area contributed by atoms with E-state index in [1.807, 2.05) is 103 Å². The number of para-hydroxylation sites is 2. The van der Waals surface area contributed by atoms with E-state index in [-0.39, 0.29) is 17.9 Å². The molecule has 0 spiro atoms. The number of nitrogens with zero attached hydrogens (tertiary/aromatic N) is 4. The van der Waals surface area contributed by atoms with Crippen molar-refractivity contribution in [1.29, 1.82) is 0 Å². The molecule has 3 heterocycles. The highest BCUT2D eigenvalue weighted by molar-refractivity contribution is 6.05. The molecule has 2 amide bonds. The zero-order valence-corrected chi connectivity index (χ0v) is 26.8. The number of fused-ring (bicyclic) bond motifs is 1. The van der Waals surface area contributed by atoms with E-state index in [0.717, 1.165) is 51.8 Å². The molecule has 240 valence electrons. The van der Waals surface area contributed by atoms with Crippen LogP contribution >= 0.6 is 0 Å². The molecule has 0 atom stereocenters. The summed E-state index contributed by atoms with van der Waals surface area (Å²) in [6, 6.07) is 33.7. The largest absolute Gasteiger partial charge is 0.397 e. The lowest BCUT2D eigenvalue weighted by molar-refractivity contribution is -0.131. The number of aromatic amines is 1. The zero-order valence-electron chi connectivity index (χ0n) is 26.8. The van der Waals surface area contributed by atoms with Gasteiger partial charge >= 0.3 is 0 Å². The monoisotopic (exact) mass is 635 g/mol. The normalized spacial score (nSPS) is 13.4. The van der Waals surface area contributed by atoms with Crippen LogP contribution in [0.5, 0.6) is 0 Å². The Hall–Kier alpha value is -5.96. The lowest BCUT2D eigenvalue weighted by Gasteiger charge is -2.38. The van der Waals surface area contributed by atoms with Crippen LogP contribution in [-0.2, 0) is 11.2 Å². The summed E-state index contributed by atoms with van der Waals surface area (Å²) in [4.78, 5) is 43.5. The molecular formula is C39H37N7O2. The summed E-state index contributed by atoms with van der Waals surface area (Å²) < 4.78 is 0. The summed E-state index contributed by atoms with van der Waals surface area (Å²) in [7, 11) is 0. The highest BCUT2D eigenvalue weighted by Crippen LogP contribution is 2.31. The second-order valence-electron chi connectivity index (χ2n) is 12.2. The minimum Gasteiger partial charge on any atom is -0.397 e. The molecule has 7 rings (SSSR count). The number of amides is 2. The van der Waals surface area contributed by atoms with Crippen molar-refractivity contribution in [2.24, 2.45) is 0 Å². The van der Waals surface area contributed by atoms with E-state index in [9.17, 15) is 9.59 Å². The van der Waals surface area contributed by atoms with Gasteiger partial charge < -0.3 is 25.8 Å². The molecule has 1 aliphatic rings. The van der Waals surface area contributed by atoms with Crippen LogP contribution in [0.4, 0.5) is 23.0 Å². The van der Waals surface area contributed by atoms with E-state index >= 15 is 0 Å². The molecule has 2 aromatic heterocycles. The number of piperidine rings is 1. The Kier molecular flexibility index (Phi) is 8.57. The Morgan fingerprint density at radius 1 is 0.875 bits per heavy atom. The van der Waals surface area contributed by atoms with Gasteiger partial charge in [0.15, 0.2) is 0 Å². The van der Waals surface area contributed by atoms with Crippen LogP contribution in [0.3, 0.4) is 0 Å². The number of carbonyl (C=O) groups excluding carboxylic acids is 2. The van der Waals surface area contributed by atoms with E-state index < -0.39 is 0 Å². The second kappa shape index (κ2) is 13.4. The first-order chi connectivity index (χ1) is 23.4. The number of hydrogen-bond donors (Lipinski definition) is 3. The molecule has 0 aliphatic carbocycles. The first-order valence-corrected chi connectivity index (χ1v) is 16.2. The van der Waals surface area contributed by atoms with Crippen molar-refractivity contribution in [2.75, 3.05) is 29.0 Å². The van der Waals surface area contributed by atoms with Crippen LogP contribution in [0.2, 0.25) is 0 Å². The number of rotatable bonds is 8. The second-order valence-corrected chi connectivity index (χ2v) is 12.2. The highest BCUT2D eigenvalue weighted by atomic mass is 16.2. The van der Waals surface area contributed by atoms with Crippen LogP contribution in [0.25, 0.3) is 22.0 Å². The summed E-state index contributed by atoms with van der Waals surface area (Å²) >= 11 is 0. The van der Waals surface area contributed by atoms with Gasteiger partial charge in [-0.3, -0.25) is 9.59 Å². The summed E-state index contributed by atoms with van der Waals surface area (Å²) in [5.41, 5.74) is 13.6. The van der Waals surface area contributed by atoms with Crippen molar-refractivity contribution in [3.63, 3.8) is 0 Å². The molecule has 9 nitrogen and oxygen atoms in total. The topological polar surface area (TPSA) is 120 Å². The molecule has 4 aromatic carbocycles. The standard InChI is InChI=1S/C39H37N7O2/c1-26-33(32-14-8-9-15-35(32)43-26)23-37(47)45-20-18-31(19-21-45)46(30-12-6-3-7-13-30)39-41-24-29(25-42-39)38(48)44-36-22-28(16-17-34(36)40)27-10-4-2-5-11-27/h2-17,22,24-25,31,43H,18-21,23,40H2,1H3,(H,44,48). The van der Waals surface area contributed by atoms with Gasteiger partial charge in [0.05, 0.1) is 23.4 Å². The molecule has 0 unspecified atom stereocenters. The van der Waals surface area contributed by atoms with Crippen LogP contribution in [-0.4, -0.2) is 50.8 Å². The number of aryl methyl sites for hydroxylation is 1. The summed E-state index contributed by atoms with van der Waals surface area (Å²) in [6.07, 6.45) is 4.99. The number of nitrogens with one attached hydrogen (secondary N) is 2. The number of H-pyrrole nitrogens is 1. The van der Waals surface area contributed by atoms with Gasteiger partial charge in [-0.05, 0) is 66.8 Å². The Morgan fingerprint density at radius 2 is 1.54 bits per heavy atom. The van der Waals surface area contributed by atoms with Gasteiger partial charge in [-0.1, -0.05) is 72.8 Å². The van der Waals surface area contributed by atoms with E-state index in [4.69, 9.17) is 5.73 Å². The average molecular weight is 636 g/mol. The molecule has 1 saturated heterocycles. The number of aromatic nitrogens is 3. The summed E-state index contributed by atoms with van der Waals surface area (Å²) in [5.74, 6) is 0.290. The number of nitrogen functional groups attached to an aromatic ring is 1. The van der Waals surface area contributed by atoms with Crippen LogP contribution in [0.15, 0.2) is 116 Å². The predicted molar refractivity (Wildman–Crippen MR) is 191 cm³/mol. The third kappa shape index (κ3) is 6.35. The number of anilines is 4. The van der Waals surface area contributed by atoms with Crippen LogP contribution < -0.4 is 16.0 Å². The summed E-state index contributed by atoms with van der Waals surface area (Å²) in [6.45, 7) is 3.30. The van der Waals surface area contributed by atoms with Crippen molar-refractivity contribution >= 4 is 45.7 Å². The van der Waals surface area contributed by atoms with Crippen LogP contribution in [0.1, 0.15) is 34.5 Å². The van der Waals surface area contributed by atoms with Crippen molar-refractivity contribution in [3.8, 4) is 11.1 Å². The molecule has 9 heteroatoms. The predicted octanol–water partition coefficient (Wildman–Crippen LogP) is 7.14. The maximum atomic E-state index is 13.5. The SMILES string of the molecule is Cc1[nH]c2ccccc2c1CC(=O)N1CCC(N(c2ccccc2)c2ncc(C(=O)Nc3cc(-c4ccccc4)ccc3N)cn2)CC1. The molecule has 0 bridgehead atoms. The molecular weight excluding hydrogens is 598 g/mol. The number of carbonyl (C=O) groups is 2. The number of benzene rings is 4. The quantitative estimate of drug-likeness (QED) is 0.153. The van der Waals surface area contributed by atoms with Crippen molar-refractivity contribution in [1.82, 2.24) is 19.9 Å². The lowest BCUT2D eigenvalue weighted by atomic mass is 10.0. The van der Waals surface area contributed by atoms with E-state index in [2.05, 4.69) is 31.2 Å². The number of likely N-dealkylation sites (tertiary alicyclic amines) is 1. The number of hydrogen-bond acceptors (Lipinski definition) is 6. The van der Waals surface area contributed by atoms with Gasteiger partial charge in [0.2, 0.25) is 11.9 Å². The molecule has 4 N–H and O–H groups in total. The molecule has 1 aliphatic heterocycles. The molecule has 0 radical (unpaired) electrons. The molecule has 6 aromatic rings. The van der Waals surface area contributed by atoms with Gasteiger partial charge in [-0.25, -0.2) is 9.97 Å². The third-order valence-electron chi connectivity index (χ3n) is 9.10. The van der Waals surface area contributed by atoms with E-state index in [1.54, 1.807) is 18.5 Å². The first kappa shape index (κ1) is 30.7. The lowest BCUT2D eigenvalue weighted by Crippen LogP contribution is -2.46. The fourth-order valence-electron chi connectivity index (χ4n) is 6.51. The Morgan fingerprint density at radius 3 is 2.27 bits per heavy atom. The minimum atomic E-state index is -0.345. The fraction of sp³-hybridized carbons (Fsp3) is 0.179. The molecule has 48 heavy (non-hydrogen) atoms. The van der Waals surface area contributed by atoms with Gasteiger partial charge in [-0.15, -0.1) is 0 Å². The maximum Gasteiger partial charge on any atom is 0.258 e. The smallest absolute Gasteiger partial charge is 0.258 e. The van der Waals surface area contributed by atoms with Gasteiger partial charge in [0, 0.05) is 53.8 Å². The van der Waals surface area contributed by atoms with E-state index in [1.165, 1.54) is 0 Å². The Bertz CT molecular complexity index is 2050. The average Bonchev–Trinajstić information content (AvgIpc) is 3.45. The maximum absolute atomic E-state index is 13.5. The third-order valence-corrected chi connectivity index (χ3v) is 9.10. The molecule has 1 fully saturated rings. The van der Waals surface area contributed by atoms with Crippen molar-refractivity contribution in [2.45, 2.75) is 32.2 Å². The van der Waals surface area contributed by atoms with Crippen molar-refractivity contribution < 1.29 is 9.59 Å². The van der Waals surface area contributed by atoms with E-state index in [0.29, 0.717) is 42.4 Å². The van der Waals surface area contributed by atoms with Gasteiger partial charge in [0.25, 0.3) is 5.91 Å². The van der Waals surface area contributed by atoms with Gasteiger partial charge in [0.1, 0.15) is 0 Å². The fourth-order valence-corrected chi connectivity index (χ4v) is 6.51. The van der Waals surface area contributed by atoms with Gasteiger partial charge in [-0.2, -0.15) is 0 Å².